The number of rotatable bonds is 12. The van der Waals surface area contributed by atoms with E-state index in [1.807, 2.05) is 0 Å². The smallest absolute Gasteiger partial charge is 0.305 e. The van der Waals surface area contributed by atoms with Crippen LogP contribution in [0.15, 0.2) is 18.2 Å². The minimum atomic E-state index is -1.55. The summed E-state index contributed by atoms with van der Waals surface area (Å²) in [6.45, 7) is 5.98. The molecule has 170 valence electrons. The molecule has 1 aromatic rings. The van der Waals surface area contributed by atoms with Crippen molar-refractivity contribution in [3.63, 3.8) is 0 Å². The van der Waals surface area contributed by atoms with E-state index >= 15 is 0 Å². The number of carbonyl (C=O) groups excluding carboxylic acids is 3. The number of esters is 2. The zero-order valence-electron chi connectivity index (χ0n) is 19.1. The summed E-state index contributed by atoms with van der Waals surface area (Å²) in [5.41, 5.74) is -0.723. The first-order valence-electron chi connectivity index (χ1n) is 10.9. The molecule has 0 aliphatic heterocycles. The fourth-order valence-corrected chi connectivity index (χ4v) is 3.13. The second-order valence-corrected chi connectivity index (χ2v) is 7.42. The zero-order valence-corrected chi connectivity index (χ0v) is 19.1. The first kappa shape index (κ1) is 26.2. The Kier molecular flexibility index (Phi) is 12.0. The monoisotopic (exact) mass is 430 g/mol. The molecule has 0 aliphatic carbocycles. The van der Waals surface area contributed by atoms with E-state index in [0.717, 1.165) is 19.3 Å². The lowest BCUT2D eigenvalue weighted by Gasteiger charge is -2.33. The maximum absolute atomic E-state index is 11.9. The van der Waals surface area contributed by atoms with E-state index in [1.165, 1.54) is 46.5 Å². The van der Waals surface area contributed by atoms with Gasteiger partial charge in [0.2, 0.25) is 11.6 Å². The predicted octanol–water partition coefficient (Wildman–Crippen LogP) is 3.99. The highest BCUT2D eigenvalue weighted by molar-refractivity contribution is 5.75. The molecule has 1 heterocycles. The molecule has 0 saturated carbocycles. The maximum atomic E-state index is 11.9. The summed E-state index contributed by atoms with van der Waals surface area (Å²) in [5, 5.41) is 2.66. The van der Waals surface area contributed by atoms with Gasteiger partial charge in [0.15, 0.2) is 0 Å². The van der Waals surface area contributed by atoms with Crippen LogP contribution in [-0.2, 0) is 29.6 Å². The Labute approximate surface area is 185 Å². The minimum absolute atomic E-state index is 0.0212. The molecule has 0 aromatic carbocycles. The van der Waals surface area contributed by atoms with E-state index in [1.54, 1.807) is 18.2 Å². The van der Waals surface area contributed by atoms with Crippen LogP contribution in [-0.4, -0.2) is 29.4 Å². The van der Waals surface area contributed by atoms with Gasteiger partial charge in [-0.1, -0.05) is 51.0 Å². The number of hydrogen-bond donors (Lipinski definition) is 1. The lowest BCUT2D eigenvalue weighted by molar-refractivity contribution is -0.169. The Hall–Kier alpha value is -2.88. The normalized spacial score (nSPS) is 12.1. The van der Waals surface area contributed by atoms with E-state index in [4.69, 9.17) is 9.47 Å². The third kappa shape index (κ3) is 10.6. The van der Waals surface area contributed by atoms with Gasteiger partial charge in [0.25, 0.3) is 0 Å². The van der Waals surface area contributed by atoms with Crippen molar-refractivity contribution < 1.29 is 23.9 Å². The fraction of sp³-hybridized carbons (Fsp3) is 0.583. The van der Waals surface area contributed by atoms with Gasteiger partial charge in [0.05, 0.1) is 6.61 Å². The van der Waals surface area contributed by atoms with Gasteiger partial charge in [-0.05, 0) is 24.5 Å². The van der Waals surface area contributed by atoms with Crippen molar-refractivity contribution in [3.05, 3.63) is 29.6 Å². The van der Waals surface area contributed by atoms with Crippen molar-refractivity contribution in [3.8, 4) is 11.8 Å². The lowest BCUT2D eigenvalue weighted by Crippen LogP contribution is -2.49. The van der Waals surface area contributed by atoms with Gasteiger partial charge in [-0.25, -0.2) is 4.98 Å². The van der Waals surface area contributed by atoms with Crippen molar-refractivity contribution in [2.24, 2.45) is 0 Å². The summed E-state index contributed by atoms with van der Waals surface area (Å²) in [6, 6.07) is 5.14. The molecular formula is C24H34N2O5. The Morgan fingerprint density at radius 1 is 1.03 bits per heavy atom. The Morgan fingerprint density at radius 2 is 1.74 bits per heavy atom. The second-order valence-electron chi connectivity index (χ2n) is 7.42. The molecule has 0 fully saturated rings. The van der Waals surface area contributed by atoms with Crippen LogP contribution in [0.2, 0.25) is 0 Å². The number of nitrogens with one attached hydrogen (secondary N) is 1. The number of hydrogen-bond acceptors (Lipinski definition) is 6. The third-order valence-corrected chi connectivity index (χ3v) is 4.49. The van der Waals surface area contributed by atoms with Crippen LogP contribution >= 0.6 is 0 Å². The molecule has 1 N–H and O–H groups in total. The summed E-state index contributed by atoms with van der Waals surface area (Å²) in [4.78, 5) is 39.3. The molecule has 1 unspecified atom stereocenters. The first-order valence-corrected chi connectivity index (χ1v) is 10.9. The molecule has 31 heavy (non-hydrogen) atoms. The van der Waals surface area contributed by atoms with E-state index in [-0.39, 0.29) is 13.0 Å². The van der Waals surface area contributed by atoms with Crippen LogP contribution in [0.25, 0.3) is 0 Å². The van der Waals surface area contributed by atoms with Gasteiger partial charge >= 0.3 is 11.9 Å². The zero-order chi connectivity index (χ0) is 23.1. The molecule has 1 rings (SSSR count). The SMILES string of the molecule is CCCCCCCCC#Cc1cccc(C(CCOC(C)=O)(NC(C)=O)OC(C)=O)n1. The van der Waals surface area contributed by atoms with Gasteiger partial charge in [0, 0.05) is 33.6 Å². The maximum Gasteiger partial charge on any atom is 0.305 e. The molecule has 0 spiro atoms. The van der Waals surface area contributed by atoms with Crippen molar-refractivity contribution in [1.82, 2.24) is 10.3 Å². The fourth-order valence-electron chi connectivity index (χ4n) is 3.13. The summed E-state index contributed by atoms with van der Waals surface area (Å²) >= 11 is 0. The first-order chi connectivity index (χ1) is 14.8. The van der Waals surface area contributed by atoms with Gasteiger partial charge in [-0.3, -0.25) is 14.4 Å². The molecule has 0 radical (unpaired) electrons. The molecular weight excluding hydrogens is 396 g/mol. The number of unbranched alkanes of at least 4 members (excludes halogenated alkanes) is 6. The van der Waals surface area contributed by atoms with Crippen molar-refractivity contribution in [2.45, 2.75) is 84.8 Å². The molecule has 0 saturated heterocycles. The summed E-state index contributed by atoms with van der Waals surface area (Å²) in [7, 11) is 0. The third-order valence-electron chi connectivity index (χ3n) is 4.49. The molecule has 7 heteroatoms. The summed E-state index contributed by atoms with van der Waals surface area (Å²) in [6.07, 6.45) is 8.01. The van der Waals surface area contributed by atoms with E-state index in [0.29, 0.717) is 11.4 Å². The van der Waals surface area contributed by atoms with Gasteiger partial charge in [0.1, 0.15) is 11.4 Å². The number of ether oxygens (including phenoxy) is 2. The van der Waals surface area contributed by atoms with Crippen LogP contribution in [0, 0.1) is 11.8 Å². The van der Waals surface area contributed by atoms with Crippen LogP contribution in [0.5, 0.6) is 0 Å². The molecule has 7 nitrogen and oxygen atoms in total. The number of pyridine rings is 1. The highest BCUT2D eigenvalue weighted by Gasteiger charge is 2.38. The quantitative estimate of drug-likeness (QED) is 0.233. The van der Waals surface area contributed by atoms with Crippen molar-refractivity contribution >= 4 is 17.8 Å². The lowest BCUT2D eigenvalue weighted by atomic mass is 10.0. The Bertz CT molecular complexity index is 779. The van der Waals surface area contributed by atoms with Crippen LogP contribution < -0.4 is 5.32 Å². The van der Waals surface area contributed by atoms with E-state index in [2.05, 4.69) is 29.1 Å². The van der Waals surface area contributed by atoms with E-state index in [9.17, 15) is 14.4 Å². The average Bonchev–Trinajstić information content (AvgIpc) is 2.69. The number of amides is 1. The molecule has 1 aromatic heterocycles. The Balaban J connectivity index is 2.98. The van der Waals surface area contributed by atoms with Crippen molar-refractivity contribution in [1.29, 1.82) is 0 Å². The summed E-state index contributed by atoms with van der Waals surface area (Å²) in [5.74, 6) is 4.69. The highest BCUT2D eigenvalue weighted by Crippen LogP contribution is 2.26. The second kappa shape index (κ2) is 14.2. The standard InChI is InChI=1S/C24H34N2O5/c1-5-6-7-8-9-10-11-12-14-22-15-13-16-23(25-22)24(26-19(2)27,31-21(4)29)17-18-30-20(3)28/h13,15-16H,5-11,17-18H2,1-4H3,(H,26,27). The molecule has 1 atom stereocenters. The minimum Gasteiger partial charge on any atom is -0.466 e. The van der Waals surface area contributed by atoms with Gasteiger partial charge in [-0.15, -0.1) is 0 Å². The molecule has 0 bridgehead atoms. The van der Waals surface area contributed by atoms with Crippen LogP contribution in [0.4, 0.5) is 0 Å². The number of nitrogens with zero attached hydrogens (tertiary/aromatic N) is 1. The largest absolute Gasteiger partial charge is 0.466 e. The highest BCUT2D eigenvalue weighted by atomic mass is 16.6. The van der Waals surface area contributed by atoms with Crippen molar-refractivity contribution in [2.75, 3.05) is 6.61 Å². The van der Waals surface area contributed by atoms with Crippen LogP contribution in [0.1, 0.15) is 90.4 Å². The van der Waals surface area contributed by atoms with E-state index < -0.39 is 23.6 Å². The Morgan fingerprint density at radius 3 is 2.39 bits per heavy atom. The van der Waals surface area contributed by atoms with Gasteiger partial charge in [-0.2, -0.15) is 0 Å². The molecule has 0 aliphatic rings. The summed E-state index contributed by atoms with van der Waals surface area (Å²) < 4.78 is 10.5. The predicted molar refractivity (Wildman–Crippen MR) is 118 cm³/mol. The average molecular weight is 431 g/mol. The number of carbonyl (C=O) groups is 3. The van der Waals surface area contributed by atoms with Gasteiger partial charge < -0.3 is 14.8 Å². The number of aromatic nitrogens is 1. The molecule has 1 amide bonds. The topological polar surface area (TPSA) is 94.6 Å². The van der Waals surface area contributed by atoms with Crippen LogP contribution in [0.3, 0.4) is 0 Å².